The minimum absolute atomic E-state index is 0.0391. The maximum atomic E-state index is 12.7. The van der Waals surface area contributed by atoms with Crippen LogP contribution >= 0.6 is 0 Å². The van der Waals surface area contributed by atoms with Crippen LogP contribution in [0.3, 0.4) is 0 Å². The molecule has 0 aromatic carbocycles. The monoisotopic (exact) mass is 1270 g/mol. The van der Waals surface area contributed by atoms with Gasteiger partial charge in [0.1, 0.15) is 116 Å². The van der Waals surface area contributed by atoms with Crippen LogP contribution in [0.5, 0.6) is 0 Å². The molecular formula is C60H100O28. The van der Waals surface area contributed by atoms with E-state index in [0.29, 0.717) is 38.5 Å². The van der Waals surface area contributed by atoms with Crippen LogP contribution in [-0.2, 0) is 47.4 Å². The fourth-order valence-corrected chi connectivity index (χ4v) is 18.0. The molecule has 10 aliphatic rings. The van der Waals surface area contributed by atoms with Crippen LogP contribution in [0.2, 0.25) is 0 Å². The molecule has 28 nitrogen and oxygen atoms in total. The highest BCUT2D eigenvalue weighted by molar-refractivity contribution is 5.35. The van der Waals surface area contributed by atoms with E-state index in [9.17, 15) is 91.9 Å². The molecule has 0 spiro atoms. The molecule has 4 saturated carbocycles. The molecule has 88 heavy (non-hydrogen) atoms. The molecule has 0 amide bonds. The van der Waals surface area contributed by atoms with E-state index in [1.807, 2.05) is 13.8 Å². The Balaban J connectivity index is 0.913. The van der Waals surface area contributed by atoms with Gasteiger partial charge in [0.2, 0.25) is 0 Å². The van der Waals surface area contributed by atoms with Crippen molar-refractivity contribution in [1.82, 2.24) is 0 Å². The van der Waals surface area contributed by atoms with E-state index < -0.39 is 226 Å². The van der Waals surface area contributed by atoms with E-state index >= 15 is 0 Å². The number of aliphatic hydroxyl groups excluding tert-OH is 18. The van der Waals surface area contributed by atoms with Crippen LogP contribution in [0.4, 0.5) is 0 Å². The molecule has 18 N–H and O–H groups in total. The number of fused-ring (bicyclic) bond motifs is 7. The number of aliphatic hydroxyl groups is 18. The first-order valence-corrected chi connectivity index (χ1v) is 31.4. The Morgan fingerprint density at radius 1 is 0.466 bits per heavy atom. The third kappa shape index (κ3) is 11.4. The average Bonchev–Trinajstić information content (AvgIpc) is 0.679. The number of hydrogen-bond acceptors (Lipinski definition) is 28. The predicted octanol–water partition coefficient (Wildman–Crippen LogP) is -4.77. The fraction of sp³-hybridized carbons (Fsp3) is 0.967. The van der Waals surface area contributed by atoms with Crippen molar-refractivity contribution in [2.24, 2.45) is 50.2 Å². The second-order valence-electron chi connectivity index (χ2n) is 29.3. The smallest absolute Gasteiger partial charge is 0.187 e. The first-order chi connectivity index (χ1) is 41.2. The Morgan fingerprint density at radius 3 is 1.56 bits per heavy atom. The third-order valence-corrected chi connectivity index (χ3v) is 23.8. The Hall–Kier alpha value is -1.38. The summed E-state index contributed by atoms with van der Waals surface area (Å²) in [6, 6.07) is 0. The van der Waals surface area contributed by atoms with Crippen molar-refractivity contribution in [3.63, 3.8) is 0 Å². The van der Waals surface area contributed by atoms with Gasteiger partial charge < -0.3 is 139 Å². The molecule has 0 radical (unpaired) electrons. The molecule has 9 fully saturated rings. The quantitative estimate of drug-likeness (QED) is 0.0541. The van der Waals surface area contributed by atoms with Crippen LogP contribution in [0, 0.1) is 50.2 Å². The van der Waals surface area contributed by atoms with Gasteiger partial charge in [0.05, 0.1) is 57.5 Å². The minimum atomic E-state index is -1.92. The first-order valence-electron chi connectivity index (χ1n) is 31.4. The summed E-state index contributed by atoms with van der Waals surface area (Å²) < 4.78 is 60.9. The van der Waals surface area contributed by atoms with E-state index in [2.05, 4.69) is 40.7 Å². The zero-order valence-corrected chi connectivity index (χ0v) is 51.3. The largest absolute Gasteiger partial charge is 0.394 e. The van der Waals surface area contributed by atoms with Crippen molar-refractivity contribution in [2.45, 2.75) is 279 Å². The summed E-state index contributed by atoms with van der Waals surface area (Å²) in [5.74, 6) is -0.272. The lowest BCUT2D eigenvalue weighted by Crippen LogP contribution is -2.69. The Kier molecular flexibility index (Phi) is 20.2. The molecule has 10 rings (SSSR count). The number of rotatable bonds is 15. The van der Waals surface area contributed by atoms with Gasteiger partial charge in [-0.15, -0.1) is 0 Å². The molecule has 0 unspecified atom stereocenters. The lowest BCUT2D eigenvalue weighted by molar-refractivity contribution is -0.378. The normalized spacial score (nSPS) is 55.3. The van der Waals surface area contributed by atoms with Crippen molar-refractivity contribution in [3.8, 4) is 0 Å². The third-order valence-electron chi connectivity index (χ3n) is 23.8. The van der Waals surface area contributed by atoms with Gasteiger partial charge in [-0.05, 0) is 103 Å². The van der Waals surface area contributed by atoms with Gasteiger partial charge in [0, 0.05) is 5.41 Å². The maximum absolute atomic E-state index is 12.7. The minimum Gasteiger partial charge on any atom is -0.394 e. The second kappa shape index (κ2) is 25.6. The van der Waals surface area contributed by atoms with Crippen molar-refractivity contribution in [1.29, 1.82) is 0 Å². The van der Waals surface area contributed by atoms with Crippen LogP contribution in [0.25, 0.3) is 0 Å². The summed E-state index contributed by atoms with van der Waals surface area (Å²) in [6.45, 7) is 13.4. The highest BCUT2D eigenvalue weighted by Crippen LogP contribution is 2.76. The highest BCUT2D eigenvalue weighted by atomic mass is 16.8. The lowest BCUT2D eigenvalue weighted by atomic mass is 9.33. The Labute approximate surface area is 511 Å². The van der Waals surface area contributed by atoms with Gasteiger partial charge in [-0.2, -0.15) is 0 Å². The summed E-state index contributed by atoms with van der Waals surface area (Å²) in [4.78, 5) is 0. The maximum Gasteiger partial charge on any atom is 0.187 e. The van der Waals surface area contributed by atoms with Gasteiger partial charge in [-0.25, -0.2) is 0 Å². The number of hydrogen-bond donors (Lipinski definition) is 18. The highest BCUT2D eigenvalue weighted by Gasteiger charge is 2.71. The van der Waals surface area contributed by atoms with Gasteiger partial charge in [0.15, 0.2) is 31.5 Å². The molecule has 5 aliphatic carbocycles. The predicted molar refractivity (Wildman–Crippen MR) is 297 cm³/mol. The van der Waals surface area contributed by atoms with Crippen LogP contribution in [-0.4, -0.2) is 297 Å². The molecule has 5 heterocycles. The van der Waals surface area contributed by atoms with Gasteiger partial charge in [-0.1, -0.05) is 60.1 Å². The molecule has 5 aliphatic heterocycles. The van der Waals surface area contributed by atoms with E-state index in [-0.39, 0.29) is 29.3 Å². The van der Waals surface area contributed by atoms with Crippen molar-refractivity contribution in [2.75, 3.05) is 33.0 Å². The van der Waals surface area contributed by atoms with E-state index in [1.165, 1.54) is 6.92 Å². The molecule has 508 valence electrons. The van der Waals surface area contributed by atoms with Crippen molar-refractivity contribution < 1.29 is 139 Å². The molecule has 5 saturated heterocycles. The molecule has 35 atom stereocenters. The van der Waals surface area contributed by atoms with Crippen LogP contribution in [0.15, 0.2) is 11.6 Å². The number of ether oxygens (including phenoxy) is 10. The van der Waals surface area contributed by atoms with E-state index in [4.69, 9.17) is 47.4 Å². The zero-order chi connectivity index (χ0) is 64.4. The summed E-state index contributed by atoms with van der Waals surface area (Å²) >= 11 is 0. The zero-order valence-electron chi connectivity index (χ0n) is 51.3. The molecule has 0 bridgehead atoms. The summed E-state index contributed by atoms with van der Waals surface area (Å²) in [7, 11) is 0. The molecular weight excluding hydrogens is 1170 g/mol. The fourth-order valence-electron chi connectivity index (χ4n) is 18.0. The summed E-state index contributed by atoms with van der Waals surface area (Å²) in [5.41, 5.74) is -2.64. The molecule has 0 aromatic heterocycles. The Bertz CT molecular complexity index is 2400. The number of allylic oxidation sites excluding steroid dienone is 2. The first kappa shape index (κ1) is 69.4. The second-order valence-corrected chi connectivity index (χ2v) is 29.3. The van der Waals surface area contributed by atoms with Gasteiger partial charge >= 0.3 is 0 Å². The van der Waals surface area contributed by atoms with Gasteiger partial charge in [-0.3, -0.25) is 0 Å². The van der Waals surface area contributed by atoms with Crippen molar-refractivity contribution >= 4 is 0 Å². The van der Waals surface area contributed by atoms with Crippen LogP contribution < -0.4 is 0 Å². The summed E-state index contributed by atoms with van der Waals surface area (Å²) in [6.07, 6.45) is -37.1. The van der Waals surface area contributed by atoms with Crippen molar-refractivity contribution in [3.05, 3.63) is 11.6 Å². The van der Waals surface area contributed by atoms with Crippen LogP contribution in [0.1, 0.15) is 107 Å². The summed E-state index contributed by atoms with van der Waals surface area (Å²) in [5, 5.41) is 197. The molecule has 28 heteroatoms. The standard InChI is InChI=1S/C60H100O28/c1-23-33(64)38(69)44(75)51(81-23)87-46-42(73)37(68)29(21-79-50-43(74)39(70)34(65)26(18-61)82-50)85-53(46)80-22-60-16-15-58(7)24(25(60)17-55(2,3)48(77)49(60)78)9-10-31-57(6)13-12-32(56(4,5)30(57)11-14-59(31,58)8)86-54-47(41(72)36(67)28(20-63)84-54)88-52-45(76)40(71)35(66)27(19-62)83-52/h9,23,25-54,61-78H,10-22H2,1-8H3/t23-,25-,26+,27+,28+,29+,30-,31+,32-,33-,34+,35+,36+,37+,38+,39-,40-,41-,42-,43+,44+,45+,46+,47+,48-,49-,50+,51-,52-,53+,54-,57-,58+,59+,60-/m0/s1. The average molecular weight is 1270 g/mol. The SMILES string of the molecule is C[C@@H]1O[C@@H](O[C@H]2[C@H](OC[C@@]34CC[C@]5(C)C(=CC[C@@H]6[C@@]7(C)CC[C@H](O[C@@H]8O[C@H](CO)[C@@H](O)[C@H](O)[C@H]8O[C@@H]8O[C@H](CO)[C@@H](O)[C@H](O)[C@H]8O)C(C)(C)[C@@H]7CC[C@]65C)[C@@H]3CC(C)(C)[C@@H](O)[C@@H]4O)O[C@H](CO[C@@H]3O[C@H](CO)[C@@H](O)[C@H](O)[C@H]3O)[C@@H](O)[C@@H]2O)[C@H](O)[C@H](O)[C@H]1O. The van der Waals surface area contributed by atoms with E-state index in [1.54, 1.807) is 0 Å². The van der Waals surface area contributed by atoms with Gasteiger partial charge in [0.25, 0.3) is 0 Å². The van der Waals surface area contributed by atoms with E-state index in [0.717, 1.165) is 18.4 Å². The molecule has 0 aromatic rings. The lowest BCUT2D eigenvalue weighted by Gasteiger charge is -2.72. The Morgan fingerprint density at radius 2 is 0.966 bits per heavy atom. The topological polar surface area (TPSA) is 456 Å².